The van der Waals surface area contributed by atoms with Crippen LogP contribution in [0.3, 0.4) is 0 Å². The van der Waals surface area contributed by atoms with E-state index in [1.165, 1.54) is 35.2 Å². The molecule has 1 N–H and O–H groups in total. The Hall–Kier alpha value is -2.78. The van der Waals surface area contributed by atoms with Crippen molar-refractivity contribution in [3.63, 3.8) is 0 Å². The number of sulfonamides is 1. The van der Waals surface area contributed by atoms with Crippen LogP contribution in [-0.4, -0.2) is 43.8 Å². The van der Waals surface area contributed by atoms with Crippen LogP contribution in [0.25, 0.3) is 0 Å². The summed E-state index contributed by atoms with van der Waals surface area (Å²) in [4.78, 5) is 28.7. The minimum Gasteiger partial charge on any atom is -0.352 e. The second-order valence-electron chi connectivity index (χ2n) is 10.1. The number of anilines is 1. The average molecular weight is 637 g/mol. The Morgan fingerprint density at radius 1 is 0.902 bits per heavy atom. The summed E-state index contributed by atoms with van der Waals surface area (Å²) in [6.45, 7) is 1.09. The summed E-state index contributed by atoms with van der Waals surface area (Å²) in [5.74, 6) is -0.874. The van der Waals surface area contributed by atoms with Gasteiger partial charge in [-0.25, -0.2) is 8.42 Å². The molecular weight excluding hydrogens is 605 g/mol. The lowest BCUT2D eigenvalue weighted by atomic mass is 9.95. The summed E-state index contributed by atoms with van der Waals surface area (Å²) in [5.41, 5.74) is 0.840. The smallest absolute Gasteiger partial charge is 0.264 e. The Labute approximate surface area is 256 Å². The van der Waals surface area contributed by atoms with Crippen molar-refractivity contribution in [3.8, 4) is 0 Å². The molecule has 0 unspecified atom stereocenters. The van der Waals surface area contributed by atoms with Gasteiger partial charge in [0.2, 0.25) is 11.8 Å². The molecule has 1 fully saturated rings. The Morgan fingerprint density at radius 3 is 2.24 bits per heavy atom. The minimum atomic E-state index is -4.22. The molecule has 7 nitrogen and oxygen atoms in total. The summed E-state index contributed by atoms with van der Waals surface area (Å²) in [5, 5.41) is 4.19. The number of carbonyl (C=O) groups is 2. The van der Waals surface area contributed by atoms with Crippen LogP contribution in [0.2, 0.25) is 15.1 Å². The van der Waals surface area contributed by atoms with Crippen molar-refractivity contribution in [1.29, 1.82) is 0 Å². The van der Waals surface area contributed by atoms with Crippen LogP contribution in [-0.2, 0) is 26.2 Å². The summed E-state index contributed by atoms with van der Waals surface area (Å²) < 4.78 is 28.7. The predicted molar refractivity (Wildman–Crippen MR) is 164 cm³/mol. The molecule has 1 aliphatic carbocycles. The number of hydrogen-bond acceptors (Lipinski definition) is 4. The first kappa shape index (κ1) is 31.2. The zero-order chi connectivity index (χ0) is 29.6. The molecule has 0 radical (unpaired) electrons. The Bertz CT molecular complexity index is 1480. The van der Waals surface area contributed by atoms with Crippen molar-refractivity contribution in [3.05, 3.63) is 93.4 Å². The molecule has 218 valence electrons. The normalized spacial score (nSPS) is 14.7. The third-order valence-electron chi connectivity index (χ3n) is 7.19. The molecule has 0 aliphatic heterocycles. The molecule has 1 atom stereocenters. The van der Waals surface area contributed by atoms with Gasteiger partial charge in [-0.05, 0) is 73.9 Å². The van der Waals surface area contributed by atoms with Gasteiger partial charge in [0, 0.05) is 27.7 Å². The first-order chi connectivity index (χ1) is 19.6. The first-order valence-electron chi connectivity index (χ1n) is 13.4. The van der Waals surface area contributed by atoms with Crippen LogP contribution in [0, 0.1) is 0 Å². The minimum absolute atomic E-state index is 0.0160. The molecule has 3 aromatic rings. The van der Waals surface area contributed by atoms with E-state index in [0.29, 0.717) is 20.6 Å². The van der Waals surface area contributed by atoms with E-state index >= 15 is 0 Å². The molecule has 0 aromatic heterocycles. The molecule has 0 heterocycles. The largest absolute Gasteiger partial charge is 0.352 e. The van der Waals surface area contributed by atoms with Crippen LogP contribution in [0.1, 0.15) is 44.6 Å². The van der Waals surface area contributed by atoms with Gasteiger partial charge in [0.25, 0.3) is 10.0 Å². The van der Waals surface area contributed by atoms with Gasteiger partial charge in [-0.3, -0.25) is 13.9 Å². The third kappa shape index (κ3) is 7.95. The molecule has 1 saturated carbocycles. The van der Waals surface area contributed by atoms with E-state index < -0.39 is 28.5 Å². The average Bonchev–Trinajstić information content (AvgIpc) is 2.95. The van der Waals surface area contributed by atoms with E-state index in [4.69, 9.17) is 34.8 Å². The Morgan fingerprint density at radius 2 is 1.59 bits per heavy atom. The van der Waals surface area contributed by atoms with Crippen molar-refractivity contribution in [2.45, 2.75) is 62.6 Å². The summed E-state index contributed by atoms with van der Waals surface area (Å²) in [6.07, 6.45) is 5.00. The highest BCUT2D eigenvalue weighted by Crippen LogP contribution is 2.28. The number of amides is 2. The van der Waals surface area contributed by atoms with Gasteiger partial charge < -0.3 is 10.2 Å². The number of rotatable bonds is 10. The van der Waals surface area contributed by atoms with Crippen molar-refractivity contribution in [2.75, 3.05) is 10.8 Å². The van der Waals surface area contributed by atoms with Gasteiger partial charge >= 0.3 is 0 Å². The van der Waals surface area contributed by atoms with Gasteiger partial charge in [-0.2, -0.15) is 0 Å². The van der Waals surface area contributed by atoms with E-state index in [1.54, 1.807) is 49.4 Å². The van der Waals surface area contributed by atoms with Crippen molar-refractivity contribution < 1.29 is 18.0 Å². The summed E-state index contributed by atoms with van der Waals surface area (Å²) >= 11 is 18.6. The zero-order valence-corrected chi connectivity index (χ0v) is 25.7. The van der Waals surface area contributed by atoms with Crippen LogP contribution in [0.15, 0.2) is 77.7 Å². The molecule has 0 saturated heterocycles. The molecular formula is C30H32Cl3N3O4S. The fraction of sp³-hybridized carbons (Fsp3) is 0.333. The van der Waals surface area contributed by atoms with Crippen LogP contribution < -0.4 is 9.62 Å². The van der Waals surface area contributed by atoms with E-state index in [0.717, 1.165) is 36.4 Å². The maximum absolute atomic E-state index is 14.0. The van der Waals surface area contributed by atoms with Crippen molar-refractivity contribution in [1.82, 2.24) is 10.2 Å². The van der Waals surface area contributed by atoms with Crippen LogP contribution >= 0.6 is 34.8 Å². The van der Waals surface area contributed by atoms with E-state index in [9.17, 15) is 18.0 Å². The number of nitrogens with one attached hydrogen (secondary N) is 1. The van der Waals surface area contributed by atoms with Crippen LogP contribution in [0.4, 0.5) is 5.69 Å². The lowest BCUT2D eigenvalue weighted by Gasteiger charge is -2.33. The zero-order valence-electron chi connectivity index (χ0n) is 22.6. The second-order valence-corrected chi connectivity index (χ2v) is 13.2. The number of hydrogen-bond donors (Lipinski definition) is 1. The van der Waals surface area contributed by atoms with Gasteiger partial charge in [0.1, 0.15) is 12.6 Å². The van der Waals surface area contributed by atoms with E-state index in [2.05, 4.69) is 5.32 Å². The molecule has 41 heavy (non-hydrogen) atoms. The highest BCUT2D eigenvalue weighted by atomic mass is 35.5. The predicted octanol–water partition coefficient (Wildman–Crippen LogP) is 6.71. The Balaban J connectivity index is 1.68. The molecule has 2 amide bonds. The monoisotopic (exact) mass is 635 g/mol. The molecule has 4 rings (SSSR count). The maximum Gasteiger partial charge on any atom is 0.264 e. The SMILES string of the molecule is C[C@H](C(=O)NC1CCCCC1)N(Cc1ccccc1Cl)C(=O)CN(c1cccc(Cl)c1)S(=O)(=O)c1ccc(Cl)cc1. The van der Waals surface area contributed by atoms with Gasteiger partial charge in [-0.15, -0.1) is 0 Å². The quantitative estimate of drug-likeness (QED) is 0.268. The second kappa shape index (κ2) is 13.9. The fourth-order valence-electron chi connectivity index (χ4n) is 4.86. The highest BCUT2D eigenvalue weighted by Gasteiger charge is 2.33. The van der Waals surface area contributed by atoms with Gasteiger partial charge in [0.15, 0.2) is 0 Å². The van der Waals surface area contributed by atoms with Crippen molar-refractivity contribution >= 4 is 62.3 Å². The molecule has 0 spiro atoms. The number of halogens is 3. The van der Waals surface area contributed by atoms with Crippen LogP contribution in [0.5, 0.6) is 0 Å². The van der Waals surface area contributed by atoms with Gasteiger partial charge in [-0.1, -0.05) is 78.3 Å². The fourth-order valence-corrected chi connectivity index (χ4v) is 6.77. The first-order valence-corrected chi connectivity index (χ1v) is 16.0. The summed E-state index contributed by atoms with van der Waals surface area (Å²) in [6, 6.07) is 18.1. The van der Waals surface area contributed by atoms with E-state index in [-0.39, 0.29) is 29.1 Å². The van der Waals surface area contributed by atoms with E-state index in [1.807, 2.05) is 0 Å². The molecule has 11 heteroatoms. The Kier molecular flexibility index (Phi) is 10.6. The van der Waals surface area contributed by atoms with Gasteiger partial charge in [0.05, 0.1) is 10.6 Å². The lowest BCUT2D eigenvalue weighted by molar-refractivity contribution is -0.139. The number of nitrogens with zero attached hydrogens (tertiary/aromatic N) is 2. The third-order valence-corrected chi connectivity index (χ3v) is 9.84. The molecule has 0 bridgehead atoms. The molecule has 3 aromatic carbocycles. The topological polar surface area (TPSA) is 86.8 Å². The lowest BCUT2D eigenvalue weighted by Crippen LogP contribution is -2.53. The standard InChI is InChI=1S/C30H32Cl3N3O4S/c1-21(30(38)34-25-10-3-2-4-11-25)35(19-22-8-5-6-13-28(22)33)29(37)20-36(26-12-7-9-24(32)18-26)41(39,40)27-16-14-23(31)15-17-27/h5-9,12-18,21,25H,2-4,10-11,19-20H2,1H3,(H,34,38)/t21-/m1/s1. The van der Waals surface area contributed by atoms with Crippen molar-refractivity contribution in [2.24, 2.45) is 0 Å². The molecule has 1 aliphatic rings. The number of benzene rings is 3. The number of carbonyl (C=O) groups excluding carboxylic acids is 2. The summed E-state index contributed by atoms with van der Waals surface area (Å²) in [7, 11) is -4.22. The highest BCUT2D eigenvalue weighted by molar-refractivity contribution is 7.92. The maximum atomic E-state index is 14.0.